The molecule has 3 aromatic rings. The van der Waals surface area contributed by atoms with Gasteiger partial charge in [-0.25, -0.2) is 4.98 Å². The van der Waals surface area contributed by atoms with Crippen molar-refractivity contribution in [2.75, 3.05) is 0 Å². The van der Waals surface area contributed by atoms with Crippen LogP contribution in [0.5, 0.6) is 0 Å². The Hall–Kier alpha value is -1.72. The zero-order valence-electron chi connectivity index (χ0n) is 9.76. The highest BCUT2D eigenvalue weighted by atomic mass is 79.9. The van der Waals surface area contributed by atoms with Crippen LogP contribution in [0, 0.1) is 0 Å². The lowest BCUT2D eigenvalue weighted by Crippen LogP contribution is -2.08. The molecule has 0 radical (unpaired) electrons. The number of aromatic nitrogens is 2. The number of nitrogens with one attached hydrogen (secondary N) is 1. The molecule has 5 heteroatoms. The van der Waals surface area contributed by atoms with Crippen LogP contribution < -0.4 is 5.56 Å². The van der Waals surface area contributed by atoms with Gasteiger partial charge in [0.2, 0.25) is 0 Å². The Labute approximate surface area is 122 Å². The van der Waals surface area contributed by atoms with E-state index in [4.69, 9.17) is 0 Å². The fraction of sp³-hybridized carbons (Fsp3) is 0. The Morgan fingerprint density at radius 1 is 1.16 bits per heavy atom. The molecule has 0 fully saturated rings. The number of halogens is 1. The molecule has 0 aliphatic carbocycles. The molecule has 0 bridgehead atoms. The maximum atomic E-state index is 11.8. The smallest absolute Gasteiger partial charge is 0.251 e. The van der Waals surface area contributed by atoms with Gasteiger partial charge in [-0.2, -0.15) is 0 Å². The highest BCUT2D eigenvalue weighted by Gasteiger charge is 2.09. The highest BCUT2D eigenvalue weighted by molar-refractivity contribution is 9.10. The predicted molar refractivity (Wildman–Crippen MR) is 81.3 cm³/mol. The van der Waals surface area contributed by atoms with Crippen LogP contribution in [0.3, 0.4) is 0 Å². The number of rotatable bonds is 2. The molecule has 2 aromatic heterocycles. The third kappa shape index (κ3) is 2.52. The van der Waals surface area contributed by atoms with Gasteiger partial charge in [0.1, 0.15) is 0 Å². The first-order valence-electron chi connectivity index (χ1n) is 5.64. The van der Waals surface area contributed by atoms with Crippen molar-refractivity contribution in [2.45, 2.75) is 0 Å². The Balaban J connectivity index is 2.17. The van der Waals surface area contributed by atoms with E-state index in [0.717, 1.165) is 14.9 Å². The molecular weight excluding hydrogens is 324 g/mol. The molecule has 0 spiro atoms. The fourth-order valence-corrected chi connectivity index (χ4v) is 3.29. The average Bonchev–Trinajstić information content (AvgIpc) is 2.85. The molecule has 3 rings (SSSR count). The lowest BCUT2D eigenvalue weighted by atomic mass is 10.1. The molecule has 19 heavy (non-hydrogen) atoms. The van der Waals surface area contributed by atoms with Gasteiger partial charge in [-0.05, 0) is 27.4 Å². The zero-order valence-corrected chi connectivity index (χ0v) is 12.2. The topological polar surface area (TPSA) is 45.8 Å². The van der Waals surface area contributed by atoms with Crippen LogP contribution in [0.1, 0.15) is 0 Å². The second-order valence-electron chi connectivity index (χ2n) is 3.94. The van der Waals surface area contributed by atoms with Crippen LogP contribution >= 0.6 is 27.3 Å². The second kappa shape index (κ2) is 5.11. The van der Waals surface area contributed by atoms with Gasteiger partial charge in [0.05, 0.1) is 10.6 Å². The molecule has 1 N–H and O–H groups in total. The maximum absolute atomic E-state index is 11.8. The van der Waals surface area contributed by atoms with Crippen molar-refractivity contribution in [1.29, 1.82) is 0 Å². The lowest BCUT2D eigenvalue weighted by Gasteiger charge is -2.03. The lowest BCUT2D eigenvalue weighted by molar-refractivity contribution is 1.14. The Morgan fingerprint density at radius 2 is 1.95 bits per heavy atom. The summed E-state index contributed by atoms with van der Waals surface area (Å²) in [4.78, 5) is 20.0. The highest BCUT2D eigenvalue weighted by Crippen LogP contribution is 2.31. The van der Waals surface area contributed by atoms with Crippen LogP contribution in [0.4, 0.5) is 0 Å². The van der Waals surface area contributed by atoms with E-state index in [1.165, 1.54) is 17.4 Å². The molecule has 1 aromatic carbocycles. The van der Waals surface area contributed by atoms with Crippen LogP contribution in [0.2, 0.25) is 0 Å². The van der Waals surface area contributed by atoms with Gasteiger partial charge in [-0.15, -0.1) is 11.3 Å². The number of thiophene rings is 1. The summed E-state index contributed by atoms with van der Waals surface area (Å²) in [6.07, 6.45) is 0. The molecule has 0 amide bonds. The van der Waals surface area contributed by atoms with Gasteiger partial charge in [-0.1, -0.05) is 30.3 Å². The van der Waals surface area contributed by atoms with E-state index in [-0.39, 0.29) is 5.56 Å². The molecule has 0 saturated heterocycles. The number of hydrogen-bond acceptors (Lipinski definition) is 3. The summed E-state index contributed by atoms with van der Waals surface area (Å²) in [5.41, 5.74) is 1.46. The number of H-pyrrole nitrogens is 1. The Morgan fingerprint density at radius 3 is 2.63 bits per heavy atom. The monoisotopic (exact) mass is 332 g/mol. The van der Waals surface area contributed by atoms with Gasteiger partial charge in [0, 0.05) is 16.1 Å². The van der Waals surface area contributed by atoms with Crippen molar-refractivity contribution in [2.24, 2.45) is 0 Å². The fourth-order valence-electron chi connectivity index (χ4n) is 1.78. The number of benzene rings is 1. The summed E-state index contributed by atoms with van der Waals surface area (Å²) < 4.78 is 0.936. The van der Waals surface area contributed by atoms with Crippen LogP contribution in [-0.2, 0) is 0 Å². The van der Waals surface area contributed by atoms with E-state index in [1.54, 1.807) is 0 Å². The molecule has 0 unspecified atom stereocenters. The maximum Gasteiger partial charge on any atom is 0.251 e. The van der Waals surface area contributed by atoms with Crippen LogP contribution in [0.15, 0.2) is 57.1 Å². The van der Waals surface area contributed by atoms with Gasteiger partial charge >= 0.3 is 0 Å². The van der Waals surface area contributed by atoms with Crippen molar-refractivity contribution < 1.29 is 0 Å². The second-order valence-corrected chi connectivity index (χ2v) is 5.71. The largest absolute Gasteiger partial charge is 0.306 e. The molecule has 94 valence electrons. The standard InChI is InChI=1S/C14H9BrN2OS/c15-10-6-7-19-13(10)14-16-11(8-12(18)17-14)9-4-2-1-3-5-9/h1-8H,(H,16,17,18). The summed E-state index contributed by atoms with van der Waals surface area (Å²) in [6, 6.07) is 13.1. The van der Waals surface area contributed by atoms with Crippen molar-refractivity contribution in [1.82, 2.24) is 9.97 Å². The molecule has 3 nitrogen and oxygen atoms in total. The average molecular weight is 333 g/mol. The quantitative estimate of drug-likeness (QED) is 0.772. The van der Waals surface area contributed by atoms with Gasteiger partial charge < -0.3 is 4.98 Å². The Kier molecular flexibility index (Phi) is 3.31. The molecular formula is C14H9BrN2OS. The van der Waals surface area contributed by atoms with E-state index in [0.29, 0.717) is 11.5 Å². The first-order chi connectivity index (χ1) is 9.24. The minimum atomic E-state index is -0.149. The molecule has 0 aliphatic heterocycles. The van der Waals surface area contributed by atoms with E-state index in [1.807, 2.05) is 41.8 Å². The van der Waals surface area contributed by atoms with E-state index < -0.39 is 0 Å². The predicted octanol–water partition coefficient (Wildman–Crippen LogP) is 3.93. The van der Waals surface area contributed by atoms with Crippen molar-refractivity contribution >= 4 is 27.3 Å². The molecule has 0 atom stereocenters. The summed E-state index contributed by atoms with van der Waals surface area (Å²) in [6.45, 7) is 0. The minimum Gasteiger partial charge on any atom is -0.306 e. The summed E-state index contributed by atoms with van der Waals surface area (Å²) >= 11 is 4.99. The third-order valence-electron chi connectivity index (χ3n) is 2.64. The van der Waals surface area contributed by atoms with Crippen LogP contribution in [0.25, 0.3) is 22.0 Å². The Bertz CT molecular complexity index is 764. The molecule has 2 heterocycles. The minimum absolute atomic E-state index is 0.149. The van der Waals surface area contributed by atoms with E-state index >= 15 is 0 Å². The molecule has 0 aliphatic rings. The van der Waals surface area contributed by atoms with Crippen molar-refractivity contribution in [3.05, 3.63) is 62.7 Å². The SMILES string of the molecule is O=c1cc(-c2ccccc2)nc(-c2sccc2Br)[nH]1. The zero-order chi connectivity index (χ0) is 13.2. The summed E-state index contributed by atoms with van der Waals surface area (Å²) in [7, 11) is 0. The van der Waals surface area contributed by atoms with Gasteiger partial charge in [0.25, 0.3) is 5.56 Å². The summed E-state index contributed by atoms with van der Waals surface area (Å²) in [5.74, 6) is 0.591. The first-order valence-corrected chi connectivity index (χ1v) is 7.31. The van der Waals surface area contributed by atoms with Crippen molar-refractivity contribution in [3.8, 4) is 22.0 Å². The molecule has 0 saturated carbocycles. The number of aromatic amines is 1. The van der Waals surface area contributed by atoms with Crippen LogP contribution in [-0.4, -0.2) is 9.97 Å². The third-order valence-corrected chi connectivity index (χ3v) is 4.49. The normalized spacial score (nSPS) is 10.6. The van der Waals surface area contributed by atoms with Gasteiger partial charge in [-0.3, -0.25) is 4.79 Å². The van der Waals surface area contributed by atoms with Crippen molar-refractivity contribution in [3.63, 3.8) is 0 Å². The summed E-state index contributed by atoms with van der Waals surface area (Å²) in [5, 5.41) is 1.95. The van der Waals surface area contributed by atoms with Gasteiger partial charge in [0.15, 0.2) is 5.82 Å². The first kappa shape index (κ1) is 12.3. The van der Waals surface area contributed by atoms with E-state index in [9.17, 15) is 4.79 Å². The number of hydrogen-bond donors (Lipinski definition) is 1. The van der Waals surface area contributed by atoms with E-state index in [2.05, 4.69) is 25.9 Å². The number of nitrogens with zero attached hydrogens (tertiary/aromatic N) is 1.